The summed E-state index contributed by atoms with van der Waals surface area (Å²) in [6.07, 6.45) is 0. The Morgan fingerprint density at radius 1 is 0.435 bits per heavy atom. The Bertz CT molecular complexity index is 694. The Balaban J connectivity index is 2.71. The molecule has 2 aromatic carbocycles. The highest BCUT2D eigenvalue weighted by Crippen LogP contribution is 2.16. The van der Waals surface area contributed by atoms with Crippen molar-refractivity contribution in [3.63, 3.8) is 0 Å². The molecule has 0 saturated carbocycles. The predicted octanol–water partition coefficient (Wildman–Crippen LogP) is 1.39. The topological polar surface area (TPSA) is 0 Å². The summed E-state index contributed by atoms with van der Waals surface area (Å²) < 4.78 is 119. The largest absolute Gasteiger partial charge is 0.246 e. The molecule has 0 aliphatic heterocycles. The fourth-order valence-electron chi connectivity index (χ4n) is 1.70. The number of halogens is 9. The van der Waals surface area contributed by atoms with Crippen LogP contribution >= 0.6 is 0 Å². The van der Waals surface area contributed by atoms with Crippen LogP contribution in [0.5, 0.6) is 0 Å². The average molecular weight is 337 g/mol. The number of hydrogen-bond acceptors (Lipinski definition) is 0. The van der Waals surface area contributed by atoms with Gasteiger partial charge in [-0.15, -0.1) is 0 Å². The summed E-state index contributed by atoms with van der Waals surface area (Å²) >= 11 is 0. The molecule has 118 valence electrons. The van der Waals surface area contributed by atoms with Crippen LogP contribution in [0.2, 0.25) is 0 Å². The van der Waals surface area contributed by atoms with Crippen LogP contribution in [-0.4, -0.2) is 15.1 Å². The SMILES string of the molecule is [B]c1c(F)c(F)c(F)c(F)c1[B-]c1c(F)c(F)c(F)c(F)c1F. The maximum Gasteiger partial charge on any atom is 0.200 e. The minimum Gasteiger partial charge on any atom is -0.246 e. The lowest BCUT2D eigenvalue weighted by atomic mass is 9.59. The first-order valence-corrected chi connectivity index (χ1v) is 5.57. The lowest BCUT2D eigenvalue weighted by molar-refractivity contribution is 0.384. The molecule has 11 heteroatoms. The molecule has 0 aromatic heterocycles. The fourth-order valence-corrected chi connectivity index (χ4v) is 1.70. The fraction of sp³-hybridized carbons (Fsp3) is 0. The van der Waals surface area contributed by atoms with Crippen molar-refractivity contribution in [2.24, 2.45) is 0 Å². The summed E-state index contributed by atoms with van der Waals surface area (Å²) in [7, 11) is 4.83. The first kappa shape index (κ1) is 17.3. The van der Waals surface area contributed by atoms with Gasteiger partial charge in [-0.2, -0.15) is 5.46 Å². The van der Waals surface area contributed by atoms with E-state index in [1.807, 2.05) is 0 Å². The molecule has 0 aliphatic carbocycles. The second-order valence-corrected chi connectivity index (χ2v) is 4.21. The molecule has 0 heterocycles. The summed E-state index contributed by atoms with van der Waals surface area (Å²) in [5.74, 6) is -20.9. The summed E-state index contributed by atoms with van der Waals surface area (Å²) in [4.78, 5) is 0. The van der Waals surface area contributed by atoms with Gasteiger partial charge in [-0.1, -0.05) is 5.46 Å². The van der Waals surface area contributed by atoms with E-state index in [0.717, 1.165) is 0 Å². The van der Waals surface area contributed by atoms with Gasteiger partial charge >= 0.3 is 0 Å². The van der Waals surface area contributed by atoms with E-state index in [2.05, 4.69) is 0 Å². The third-order valence-corrected chi connectivity index (χ3v) is 2.87. The van der Waals surface area contributed by atoms with Gasteiger partial charge in [0.1, 0.15) is 25.3 Å². The zero-order valence-electron chi connectivity index (χ0n) is 10.6. The highest BCUT2D eigenvalue weighted by atomic mass is 19.2. The minimum absolute atomic E-state index is 0.119. The molecule has 0 amide bonds. The Hall–Kier alpha value is -2.06. The quantitative estimate of drug-likeness (QED) is 0.336. The van der Waals surface area contributed by atoms with E-state index >= 15 is 0 Å². The van der Waals surface area contributed by atoms with Crippen molar-refractivity contribution in [3.8, 4) is 0 Å². The smallest absolute Gasteiger partial charge is 0.200 e. The van der Waals surface area contributed by atoms with Gasteiger partial charge in [-0.05, 0) is 0 Å². The van der Waals surface area contributed by atoms with Crippen molar-refractivity contribution in [2.75, 3.05) is 0 Å². The zero-order valence-corrected chi connectivity index (χ0v) is 10.6. The van der Waals surface area contributed by atoms with E-state index in [1.54, 1.807) is 0 Å². The van der Waals surface area contributed by atoms with E-state index < -0.39 is 68.7 Å². The number of hydrogen-bond donors (Lipinski definition) is 0. The van der Waals surface area contributed by atoms with Gasteiger partial charge in [0, 0.05) is 0 Å². The first-order valence-electron chi connectivity index (χ1n) is 5.57. The standard InChI is InChI=1S/C12B2F9/c13-1-2(5(16)9(20)8(19)4(1)15)14-3-6(17)10(21)12(23)11(22)7(3)18/q-1. The Kier molecular flexibility index (Phi) is 4.41. The lowest BCUT2D eigenvalue weighted by Gasteiger charge is -2.24. The van der Waals surface area contributed by atoms with E-state index in [4.69, 9.17) is 7.85 Å². The molecular weight excluding hydrogens is 337 g/mol. The second-order valence-electron chi connectivity index (χ2n) is 4.21. The Morgan fingerprint density at radius 3 is 1.17 bits per heavy atom. The summed E-state index contributed by atoms with van der Waals surface area (Å²) in [6, 6.07) is 0. The van der Waals surface area contributed by atoms with E-state index in [0.29, 0.717) is 0 Å². The van der Waals surface area contributed by atoms with Gasteiger partial charge in [0.05, 0.1) is 0 Å². The van der Waals surface area contributed by atoms with Crippen LogP contribution in [0.3, 0.4) is 0 Å². The summed E-state index contributed by atoms with van der Waals surface area (Å²) in [6.45, 7) is 0. The van der Waals surface area contributed by atoms with Crippen LogP contribution in [0.25, 0.3) is 0 Å². The molecule has 0 aliphatic rings. The van der Waals surface area contributed by atoms with Crippen molar-refractivity contribution in [3.05, 3.63) is 52.4 Å². The molecule has 0 fully saturated rings. The monoisotopic (exact) mass is 337 g/mol. The summed E-state index contributed by atoms with van der Waals surface area (Å²) in [5, 5.41) is 0. The normalized spacial score (nSPS) is 11.2. The molecule has 4 radical (unpaired) electrons. The van der Waals surface area contributed by atoms with Crippen LogP contribution in [0.1, 0.15) is 0 Å². The van der Waals surface area contributed by atoms with Crippen LogP contribution in [0, 0.1) is 52.4 Å². The summed E-state index contributed by atoms with van der Waals surface area (Å²) in [5.41, 5.74) is -4.52. The van der Waals surface area contributed by atoms with Gasteiger partial charge in [0.15, 0.2) is 34.9 Å². The van der Waals surface area contributed by atoms with Gasteiger partial charge in [0.2, 0.25) is 0 Å². The molecular formula is C12B2F9-. The molecule has 2 aromatic rings. The van der Waals surface area contributed by atoms with Crippen LogP contribution in [0.15, 0.2) is 0 Å². The van der Waals surface area contributed by atoms with Crippen LogP contribution in [-0.2, 0) is 0 Å². The molecule has 0 saturated heterocycles. The van der Waals surface area contributed by atoms with Gasteiger partial charge in [0.25, 0.3) is 0 Å². The molecule has 23 heavy (non-hydrogen) atoms. The molecule has 0 bridgehead atoms. The van der Waals surface area contributed by atoms with Crippen molar-refractivity contribution in [2.45, 2.75) is 0 Å². The van der Waals surface area contributed by atoms with Crippen molar-refractivity contribution in [1.82, 2.24) is 0 Å². The average Bonchev–Trinajstić information content (AvgIpc) is 2.54. The first-order chi connectivity index (χ1) is 10.6. The Morgan fingerprint density at radius 2 is 0.739 bits per heavy atom. The number of benzene rings is 2. The van der Waals surface area contributed by atoms with Crippen molar-refractivity contribution >= 4 is 31.5 Å². The van der Waals surface area contributed by atoms with Gasteiger partial charge in [-0.3, -0.25) is 0 Å². The van der Waals surface area contributed by atoms with E-state index in [-0.39, 0.29) is 7.28 Å². The van der Waals surface area contributed by atoms with Gasteiger partial charge < -0.3 is 0 Å². The van der Waals surface area contributed by atoms with Crippen molar-refractivity contribution in [1.29, 1.82) is 0 Å². The third kappa shape index (κ3) is 2.57. The number of rotatable bonds is 2. The molecule has 0 atom stereocenters. The van der Waals surface area contributed by atoms with E-state index in [1.165, 1.54) is 0 Å². The molecule has 2 rings (SSSR count). The molecule has 0 spiro atoms. The highest BCUT2D eigenvalue weighted by Gasteiger charge is 2.22. The zero-order chi connectivity index (χ0) is 17.6. The second kappa shape index (κ2) is 5.86. The highest BCUT2D eigenvalue weighted by molar-refractivity contribution is 6.71. The maximum absolute atomic E-state index is 13.5. The van der Waals surface area contributed by atoms with Crippen LogP contribution in [0.4, 0.5) is 39.5 Å². The molecule has 0 unspecified atom stereocenters. The minimum atomic E-state index is -2.48. The Labute approximate surface area is 124 Å². The van der Waals surface area contributed by atoms with Gasteiger partial charge in [-0.25, -0.2) is 52.3 Å². The van der Waals surface area contributed by atoms with Crippen LogP contribution < -0.4 is 16.4 Å². The molecule has 0 N–H and O–H groups in total. The molecule has 0 nitrogen and oxygen atoms in total. The lowest BCUT2D eigenvalue weighted by Crippen LogP contribution is -2.46. The predicted molar refractivity (Wildman–Crippen MR) is 62.9 cm³/mol. The maximum atomic E-state index is 13.5. The van der Waals surface area contributed by atoms with E-state index in [9.17, 15) is 39.5 Å². The van der Waals surface area contributed by atoms with Crippen molar-refractivity contribution < 1.29 is 39.5 Å². The third-order valence-electron chi connectivity index (χ3n) is 2.87.